The van der Waals surface area contributed by atoms with Gasteiger partial charge in [-0.1, -0.05) is 42.5 Å². The molecule has 0 aliphatic rings. The van der Waals surface area contributed by atoms with Crippen LogP contribution in [-0.2, 0) is 6.42 Å². The molecule has 3 N–H and O–H groups in total. The molecule has 0 saturated carbocycles. The van der Waals surface area contributed by atoms with Crippen molar-refractivity contribution in [3.8, 4) is 16.9 Å². The minimum atomic E-state index is -0.462. The lowest BCUT2D eigenvalue weighted by atomic mass is 9.95. The van der Waals surface area contributed by atoms with Gasteiger partial charge in [-0.25, -0.2) is 0 Å². The van der Waals surface area contributed by atoms with Gasteiger partial charge in [-0.3, -0.25) is 10.1 Å². The van der Waals surface area contributed by atoms with Crippen LogP contribution in [0.15, 0.2) is 71.8 Å². The third kappa shape index (κ3) is 3.70. The van der Waals surface area contributed by atoms with E-state index in [1.807, 2.05) is 36.4 Å². The average molecular weight is 347 g/mol. The predicted molar refractivity (Wildman–Crippen MR) is 101 cm³/mol. The average Bonchev–Trinajstić information content (AvgIpc) is 2.65. The van der Waals surface area contributed by atoms with Gasteiger partial charge in [0.05, 0.1) is 11.1 Å². The van der Waals surface area contributed by atoms with Gasteiger partial charge in [0.1, 0.15) is 5.75 Å². The van der Waals surface area contributed by atoms with Crippen molar-refractivity contribution >= 4 is 11.9 Å². The Morgan fingerprint density at radius 1 is 1.04 bits per heavy atom. The zero-order chi connectivity index (χ0) is 18.5. The lowest BCUT2D eigenvalue weighted by Gasteiger charge is -2.11. The van der Waals surface area contributed by atoms with Crippen LogP contribution in [0.4, 0.5) is 5.69 Å². The predicted octanol–water partition coefficient (Wildman–Crippen LogP) is 3.85. The molecular weight excluding hydrogens is 330 g/mol. The van der Waals surface area contributed by atoms with Crippen molar-refractivity contribution in [3.63, 3.8) is 0 Å². The summed E-state index contributed by atoms with van der Waals surface area (Å²) in [5, 5.41) is 25.1. The first-order valence-corrected chi connectivity index (χ1v) is 7.96. The number of phenols is 1. The van der Waals surface area contributed by atoms with Gasteiger partial charge in [-0.05, 0) is 35.2 Å². The first-order valence-electron chi connectivity index (χ1n) is 7.96. The number of nitrogens with zero attached hydrogens (tertiary/aromatic N) is 2. The van der Waals surface area contributed by atoms with Crippen LogP contribution in [0, 0.1) is 10.1 Å². The highest BCUT2D eigenvalue weighted by molar-refractivity contribution is 5.89. The molecule has 6 nitrogen and oxygen atoms in total. The quantitative estimate of drug-likeness (QED) is 0.317. The Labute approximate surface area is 150 Å². The second-order valence-corrected chi connectivity index (χ2v) is 5.83. The van der Waals surface area contributed by atoms with Crippen molar-refractivity contribution < 1.29 is 10.0 Å². The van der Waals surface area contributed by atoms with E-state index >= 15 is 0 Å². The zero-order valence-corrected chi connectivity index (χ0v) is 13.9. The number of nitrogens with two attached hydrogens (primary N) is 1. The number of phenolic OH excluding ortho intramolecular Hbond substituents is 1. The summed E-state index contributed by atoms with van der Waals surface area (Å²) in [5.74, 6) is 5.24. The Morgan fingerprint density at radius 3 is 2.50 bits per heavy atom. The smallest absolute Gasteiger partial charge is 0.270 e. The monoisotopic (exact) mass is 347 g/mol. The molecule has 0 atom stereocenters. The van der Waals surface area contributed by atoms with E-state index in [2.05, 4.69) is 5.10 Å². The van der Waals surface area contributed by atoms with Crippen molar-refractivity contribution in [1.82, 2.24) is 0 Å². The summed E-state index contributed by atoms with van der Waals surface area (Å²) in [6.45, 7) is 0. The van der Waals surface area contributed by atoms with Crippen molar-refractivity contribution in [2.45, 2.75) is 6.42 Å². The number of nitro groups is 1. The highest BCUT2D eigenvalue weighted by Gasteiger charge is 2.14. The van der Waals surface area contributed by atoms with Gasteiger partial charge in [0, 0.05) is 23.3 Å². The van der Waals surface area contributed by atoms with Gasteiger partial charge < -0.3 is 10.9 Å². The summed E-state index contributed by atoms with van der Waals surface area (Å²) in [7, 11) is 0. The van der Waals surface area contributed by atoms with Gasteiger partial charge in [-0.15, -0.1) is 0 Å². The number of benzene rings is 3. The minimum absolute atomic E-state index is 0.0171. The normalized spacial score (nSPS) is 10.9. The summed E-state index contributed by atoms with van der Waals surface area (Å²) < 4.78 is 0. The Morgan fingerprint density at radius 2 is 1.81 bits per heavy atom. The number of rotatable bonds is 5. The van der Waals surface area contributed by atoms with Crippen LogP contribution in [0.3, 0.4) is 0 Å². The van der Waals surface area contributed by atoms with Gasteiger partial charge in [0.25, 0.3) is 5.69 Å². The molecule has 0 amide bonds. The highest BCUT2D eigenvalue weighted by atomic mass is 16.6. The maximum atomic E-state index is 11.1. The first kappa shape index (κ1) is 17.2. The topological polar surface area (TPSA) is 102 Å². The SMILES string of the molecule is N/N=C/c1cc(Cc2ccccc2)cc(-c2cccc([N+](=O)[O-])c2)c1O. The lowest BCUT2D eigenvalue weighted by Crippen LogP contribution is -1.96. The molecule has 130 valence electrons. The fourth-order valence-electron chi connectivity index (χ4n) is 2.84. The fraction of sp³-hybridized carbons (Fsp3) is 0.0500. The Bertz CT molecular complexity index is 969. The third-order valence-corrected chi connectivity index (χ3v) is 4.03. The van der Waals surface area contributed by atoms with Gasteiger partial charge in [-0.2, -0.15) is 5.10 Å². The van der Waals surface area contributed by atoms with Gasteiger partial charge in [0.2, 0.25) is 0 Å². The summed E-state index contributed by atoms with van der Waals surface area (Å²) in [6, 6.07) is 19.7. The molecule has 0 aromatic heterocycles. The zero-order valence-electron chi connectivity index (χ0n) is 13.9. The third-order valence-electron chi connectivity index (χ3n) is 4.03. The number of aromatic hydroxyl groups is 1. The van der Waals surface area contributed by atoms with Gasteiger partial charge in [0.15, 0.2) is 0 Å². The lowest BCUT2D eigenvalue weighted by molar-refractivity contribution is -0.384. The minimum Gasteiger partial charge on any atom is -0.507 e. The molecule has 0 aliphatic carbocycles. The molecule has 3 aromatic carbocycles. The van der Waals surface area contributed by atoms with E-state index in [9.17, 15) is 15.2 Å². The van der Waals surface area contributed by atoms with E-state index in [-0.39, 0.29) is 11.4 Å². The summed E-state index contributed by atoms with van der Waals surface area (Å²) >= 11 is 0. The molecule has 0 heterocycles. The number of hydrogen-bond acceptors (Lipinski definition) is 5. The molecule has 26 heavy (non-hydrogen) atoms. The van der Waals surface area contributed by atoms with E-state index in [1.54, 1.807) is 18.2 Å². The second-order valence-electron chi connectivity index (χ2n) is 5.83. The molecule has 0 radical (unpaired) electrons. The van der Waals surface area contributed by atoms with Crippen LogP contribution in [0.2, 0.25) is 0 Å². The van der Waals surface area contributed by atoms with Crippen LogP contribution >= 0.6 is 0 Å². The second kappa shape index (κ2) is 7.48. The van der Waals surface area contributed by atoms with E-state index < -0.39 is 4.92 Å². The summed E-state index contributed by atoms with van der Waals surface area (Å²) in [4.78, 5) is 10.6. The summed E-state index contributed by atoms with van der Waals surface area (Å²) in [6.07, 6.45) is 2.01. The van der Waals surface area contributed by atoms with E-state index in [1.165, 1.54) is 18.3 Å². The van der Waals surface area contributed by atoms with Crippen LogP contribution < -0.4 is 5.84 Å². The first-order chi connectivity index (χ1) is 12.6. The molecule has 3 aromatic rings. The molecule has 0 saturated heterocycles. The van der Waals surface area contributed by atoms with E-state index in [4.69, 9.17) is 5.84 Å². The number of nitro benzene ring substituents is 1. The number of hydrogen-bond donors (Lipinski definition) is 2. The summed E-state index contributed by atoms with van der Waals surface area (Å²) in [5.41, 5.74) is 3.52. The van der Waals surface area contributed by atoms with Crippen LogP contribution in [0.1, 0.15) is 16.7 Å². The molecule has 0 unspecified atom stereocenters. The number of non-ortho nitro benzene ring substituents is 1. The van der Waals surface area contributed by atoms with Crippen molar-refractivity contribution in [2.24, 2.45) is 10.9 Å². The van der Waals surface area contributed by atoms with Gasteiger partial charge >= 0.3 is 0 Å². The molecule has 3 rings (SSSR count). The van der Waals surface area contributed by atoms with Crippen LogP contribution in [0.5, 0.6) is 5.75 Å². The maximum absolute atomic E-state index is 11.1. The van der Waals surface area contributed by atoms with E-state index in [0.717, 1.165) is 11.1 Å². The van der Waals surface area contributed by atoms with Crippen LogP contribution in [-0.4, -0.2) is 16.2 Å². The van der Waals surface area contributed by atoms with Crippen LogP contribution in [0.25, 0.3) is 11.1 Å². The number of hydrazone groups is 1. The molecule has 0 aliphatic heterocycles. The molecule has 0 spiro atoms. The molecule has 6 heteroatoms. The van der Waals surface area contributed by atoms with E-state index in [0.29, 0.717) is 23.1 Å². The molecule has 0 bridgehead atoms. The van der Waals surface area contributed by atoms with Crippen molar-refractivity contribution in [1.29, 1.82) is 0 Å². The van der Waals surface area contributed by atoms with Crippen molar-refractivity contribution in [3.05, 3.63) is 93.5 Å². The maximum Gasteiger partial charge on any atom is 0.270 e. The largest absolute Gasteiger partial charge is 0.507 e. The Kier molecular flexibility index (Phi) is 4.94. The molecular formula is C20H17N3O3. The van der Waals surface area contributed by atoms with Crippen molar-refractivity contribution in [2.75, 3.05) is 0 Å². The standard InChI is InChI=1S/C20H17N3O3/c21-22-13-17-10-15(9-14-5-2-1-3-6-14)11-19(20(17)24)16-7-4-8-18(12-16)23(25)26/h1-8,10-13,24H,9,21H2/b22-13+. The molecule has 0 fully saturated rings. The Balaban J connectivity index is 2.11. The fourth-order valence-corrected chi connectivity index (χ4v) is 2.84. The highest BCUT2D eigenvalue weighted by Crippen LogP contribution is 2.35. The Hall–Kier alpha value is -3.67.